The van der Waals surface area contributed by atoms with Crippen LogP contribution in [0.1, 0.15) is 24.2 Å². The molecule has 0 unspecified atom stereocenters. The predicted molar refractivity (Wildman–Crippen MR) is 68.5 cm³/mol. The molecule has 1 aromatic carbocycles. The third-order valence-electron chi connectivity index (χ3n) is 2.99. The molecular weight excluding hydrogens is 232 g/mol. The standard InChI is InChI=1S/C13H18N2O3/c1-13(2)8-15(5-6-18-13)12(17)9-3-4-10(14)11(16)7-9/h3-4,7,16H,5-6,8,14H2,1-2H3. The minimum absolute atomic E-state index is 0.0617. The lowest BCUT2D eigenvalue weighted by molar-refractivity contribution is -0.0764. The summed E-state index contributed by atoms with van der Waals surface area (Å²) in [6, 6.07) is 4.56. The van der Waals surface area contributed by atoms with Crippen LogP contribution in [0.15, 0.2) is 18.2 Å². The maximum absolute atomic E-state index is 12.3. The number of phenols is 1. The number of anilines is 1. The number of nitrogens with zero attached hydrogens (tertiary/aromatic N) is 1. The van der Waals surface area contributed by atoms with Crippen molar-refractivity contribution in [2.75, 3.05) is 25.4 Å². The van der Waals surface area contributed by atoms with Crippen LogP contribution in [-0.4, -0.2) is 41.2 Å². The molecule has 0 bridgehead atoms. The summed E-state index contributed by atoms with van der Waals surface area (Å²) in [5.41, 5.74) is 5.90. The van der Waals surface area contributed by atoms with Crippen molar-refractivity contribution in [3.05, 3.63) is 23.8 Å². The Balaban J connectivity index is 2.18. The summed E-state index contributed by atoms with van der Waals surface area (Å²) >= 11 is 0. The van der Waals surface area contributed by atoms with Gasteiger partial charge in [0.15, 0.2) is 0 Å². The van der Waals surface area contributed by atoms with Crippen LogP contribution >= 0.6 is 0 Å². The molecule has 1 saturated heterocycles. The second-order valence-electron chi connectivity index (χ2n) is 5.11. The quantitative estimate of drug-likeness (QED) is 0.580. The number of carbonyl (C=O) groups excluding carboxylic acids is 1. The number of morpholine rings is 1. The maximum atomic E-state index is 12.3. The first-order valence-electron chi connectivity index (χ1n) is 5.91. The van der Waals surface area contributed by atoms with E-state index >= 15 is 0 Å². The van der Waals surface area contributed by atoms with Crippen LogP contribution < -0.4 is 5.73 Å². The molecule has 18 heavy (non-hydrogen) atoms. The smallest absolute Gasteiger partial charge is 0.254 e. The maximum Gasteiger partial charge on any atom is 0.254 e. The Hall–Kier alpha value is -1.75. The number of rotatable bonds is 1. The molecule has 2 rings (SSSR count). The number of hydrogen-bond acceptors (Lipinski definition) is 4. The van der Waals surface area contributed by atoms with Gasteiger partial charge < -0.3 is 20.5 Å². The average Bonchev–Trinajstić information content (AvgIpc) is 2.30. The SMILES string of the molecule is CC1(C)CN(C(=O)c2ccc(N)c(O)c2)CCO1. The number of hydrogen-bond donors (Lipinski definition) is 2. The number of ether oxygens (including phenoxy) is 1. The first kappa shape index (κ1) is 12.7. The lowest BCUT2D eigenvalue weighted by atomic mass is 10.1. The predicted octanol–water partition coefficient (Wildman–Crippen LogP) is 1.23. The van der Waals surface area contributed by atoms with Crippen molar-refractivity contribution in [1.82, 2.24) is 4.90 Å². The van der Waals surface area contributed by atoms with E-state index < -0.39 is 0 Å². The molecule has 0 aromatic heterocycles. The largest absolute Gasteiger partial charge is 0.506 e. The fourth-order valence-electron chi connectivity index (χ4n) is 2.05. The lowest BCUT2D eigenvalue weighted by Gasteiger charge is -2.38. The normalized spacial score (nSPS) is 18.7. The molecule has 0 atom stereocenters. The molecule has 1 aliphatic rings. The van der Waals surface area contributed by atoms with Gasteiger partial charge >= 0.3 is 0 Å². The van der Waals surface area contributed by atoms with Gasteiger partial charge in [-0.2, -0.15) is 0 Å². The Morgan fingerprint density at radius 2 is 2.22 bits per heavy atom. The zero-order valence-corrected chi connectivity index (χ0v) is 10.6. The molecule has 5 heteroatoms. The van der Waals surface area contributed by atoms with Crippen LogP contribution in [0.5, 0.6) is 5.75 Å². The number of amides is 1. The van der Waals surface area contributed by atoms with Crippen molar-refractivity contribution in [1.29, 1.82) is 0 Å². The molecule has 0 radical (unpaired) electrons. The molecule has 1 heterocycles. The van der Waals surface area contributed by atoms with Gasteiger partial charge in [0.05, 0.1) is 17.9 Å². The van der Waals surface area contributed by atoms with Gasteiger partial charge in [-0.3, -0.25) is 4.79 Å². The van der Waals surface area contributed by atoms with Crippen LogP contribution in [0.4, 0.5) is 5.69 Å². The molecule has 98 valence electrons. The van der Waals surface area contributed by atoms with Crippen molar-refractivity contribution in [2.24, 2.45) is 0 Å². The summed E-state index contributed by atoms with van der Waals surface area (Å²) in [5, 5.41) is 9.53. The fraction of sp³-hybridized carbons (Fsp3) is 0.462. The number of carbonyl (C=O) groups is 1. The number of aromatic hydroxyl groups is 1. The summed E-state index contributed by atoms with van der Waals surface area (Å²) in [6.07, 6.45) is 0. The lowest BCUT2D eigenvalue weighted by Crippen LogP contribution is -2.50. The second-order valence-corrected chi connectivity index (χ2v) is 5.11. The third kappa shape index (κ3) is 2.56. The van der Waals surface area contributed by atoms with E-state index in [1.807, 2.05) is 13.8 Å². The monoisotopic (exact) mass is 250 g/mol. The van der Waals surface area contributed by atoms with E-state index in [1.165, 1.54) is 12.1 Å². The van der Waals surface area contributed by atoms with Crippen molar-refractivity contribution in [3.63, 3.8) is 0 Å². The summed E-state index contributed by atoms with van der Waals surface area (Å²) < 4.78 is 5.56. The van der Waals surface area contributed by atoms with Gasteiger partial charge in [-0.05, 0) is 32.0 Å². The molecular formula is C13H18N2O3. The third-order valence-corrected chi connectivity index (χ3v) is 2.99. The number of nitrogen functional groups attached to an aromatic ring is 1. The zero-order valence-electron chi connectivity index (χ0n) is 10.6. The summed E-state index contributed by atoms with van der Waals surface area (Å²) in [4.78, 5) is 14.0. The number of benzene rings is 1. The molecule has 1 aliphatic heterocycles. The van der Waals surface area contributed by atoms with Gasteiger partial charge in [0.25, 0.3) is 5.91 Å². The topological polar surface area (TPSA) is 75.8 Å². The van der Waals surface area contributed by atoms with Crippen LogP contribution in [0, 0.1) is 0 Å². The van der Waals surface area contributed by atoms with Gasteiger partial charge in [0.1, 0.15) is 5.75 Å². The number of nitrogens with two attached hydrogens (primary N) is 1. The number of phenolic OH excluding ortho intramolecular Hbond substituents is 1. The Kier molecular flexibility index (Phi) is 3.17. The molecule has 3 N–H and O–H groups in total. The Labute approximate surface area is 106 Å². The Morgan fingerprint density at radius 1 is 1.50 bits per heavy atom. The van der Waals surface area contributed by atoms with Crippen molar-refractivity contribution in [2.45, 2.75) is 19.4 Å². The van der Waals surface area contributed by atoms with E-state index in [9.17, 15) is 9.90 Å². The van der Waals surface area contributed by atoms with Crippen molar-refractivity contribution in [3.8, 4) is 5.75 Å². The molecule has 1 amide bonds. The van der Waals surface area contributed by atoms with Crippen molar-refractivity contribution >= 4 is 11.6 Å². The van der Waals surface area contributed by atoms with Crippen molar-refractivity contribution < 1.29 is 14.6 Å². The Morgan fingerprint density at radius 3 is 2.83 bits per heavy atom. The zero-order chi connectivity index (χ0) is 13.3. The van der Waals surface area contributed by atoms with Crippen LogP contribution in [0.3, 0.4) is 0 Å². The van der Waals surface area contributed by atoms with Gasteiger partial charge in [-0.25, -0.2) is 0 Å². The van der Waals surface area contributed by atoms with Gasteiger partial charge in [-0.1, -0.05) is 0 Å². The second kappa shape index (κ2) is 4.49. The Bertz CT molecular complexity index is 471. The van der Waals surface area contributed by atoms with E-state index in [1.54, 1.807) is 11.0 Å². The van der Waals surface area contributed by atoms with Gasteiger partial charge in [0.2, 0.25) is 0 Å². The van der Waals surface area contributed by atoms with Crippen LogP contribution in [0.2, 0.25) is 0 Å². The fourth-order valence-corrected chi connectivity index (χ4v) is 2.05. The van der Waals surface area contributed by atoms with E-state index in [0.29, 0.717) is 25.3 Å². The van der Waals surface area contributed by atoms with E-state index in [2.05, 4.69) is 0 Å². The van der Waals surface area contributed by atoms with E-state index in [4.69, 9.17) is 10.5 Å². The molecule has 0 spiro atoms. The van der Waals surface area contributed by atoms with Crippen LogP contribution in [-0.2, 0) is 4.74 Å². The average molecular weight is 250 g/mol. The van der Waals surface area contributed by atoms with E-state index in [0.717, 1.165) is 0 Å². The molecule has 0 aliphatic carbocycles. The van der Waals surface area contributed by atoms with Gasteiger partial charge in [0, 0.05) is 18.7 Å². The minimum Gasteiger partial charge on any atom is -0.506 e. The summed E-state index contributed by atoms with van der Waals surface area (Å²) in [7, 11) is 0. The molecule has 0 saturated carbocycles. The van der Waals surface area contributed by atoms with Crippen LogP contribution in [0.25, 0.3) is 0 Å². The minimum atomic E-state index is -0.330. The highest BCUT2D eigenvalue weighted by molar-refractivity contribution is 5.95. The summed E-state index contributed by atoms with van der Waals surface area (Å²) in [5.74, 6) is -0.171. The highest BCUT2D eigenvalue weighted by Gasteiger charge is 2.30. The molecule has 5 nitrogen and oxygen atoms in total. The highest BCUT2D eigenvalue weighted by atomic mass is 16.5. The first-order chi connectivity index (χ1) is 8.39. The molecule has 1 fully saturated rings. The summed E-state index contributed by atoms with van der Waals surface area (Å²) in [6.45, 7) is 5.53. The van der Waals surface area contributed by atoms with E-state index in [-0.39, 0.29) is 22.9 Å². The van der Waals surface area contributed by atoms with Gasteiger partial charge in [-0.15, -0.1) is 0 Å². The highest BCUT2D eigenvalue weighted by Crippen LogP contribution is 2.23. The first-order valence-corrected chi connectivity index (χ1v) is 5.91. The molecule has 1 aromatic rings.